The van der Waals surface area contributed by atoms with Crippen LogP contribution in [0.3, 0.4) is 0 Å². The van der Waals surface area contributed by atoms with Crippen LogP contribution in [0.2, 0.25) is 0 Å². The molecular weight excluding hydrogens is 677 g/mol. The SMILES string of the molecule is CN=CNc1c(C(c2cccc3ccccc23)n2c3ccc4ccccc4c3c3c4c5ccccc5n(-c5ccccc5)c4ccc32)sc2ccccc12. The average Bonchev–Trinajstić information content (AvgIpc) is 3.88. The van der Waals surface area contributed by atoms with Crippen LogP contribution in [0.1, 0.15) is 16.5 Å². The van der Waals surface area contributed by atoms with Crippen molar-refractivity contribution in [3.8, 4) is 5.69 Å². The van der Waals surface area contributed by atoms with Crippen LogP contribution in [0.5, 0.6) is 0 Å². The molecule has 1 N–H and O–H groups in total. The highest BCUT2D eigenvalue weighted by molar-refractivity contribution is 7.20. The summed E-state index contributed by atoms with van der Waals surface area (Å²) in [7, 11) is 1.82. The smallest absolute Gasteiger partial charge is 0.0964 e. The Hall–Kier alpha value is -6.69. The molecule has 0 saturated carbocycles. The normalized spacial score (nSPS) is 12.8. The minimum Gasteiger partial charge on any atom is -0.345 e. The zero-order chi connectivity index (χ0) is 35.8. The minimum absolute atomic E-state index is 0.164. The van der Waals surface area contributed by atoms with Crippen molar-refractivity contribution in [2.24, 2.45) is 4.99 Å². The molecule has 0 amide bonds. The lowest BCUT2D eigenvalue weighted by Crippen LogP contribution is -2.13. The van der Waals surface area contributed by atoms with Crippen molar-refractivity contribution in [2.75, 3.05) is 12.4 Å². The first kappa shape index (κ1) is 30.9. The highest BCUT2D eigenvalue weighted by atomic mass is 32.1. The van der Waals surface area contributed by atoms with Crippen molar-refractivity contribution in [3.63, 3.8) is 0 Å². The molecule has 256 valence electrons. The van der Waals surface area contributed by atoms with Crippen LogP contribution in [0.25, 0.3) is 80.9 Å². The van der Waals surface area contributed by atoms with Gasteiger partial charge in [-0.3, -0.25) is 4.99 Å². The second-order valence-electron chi connectivity index (χ2n) is 13.9. The molecule has 0 fully saturated rings. The van der Waals surface area contributed by atoms with Gasteiger partial charge in [-0.1, -0.05) is 127 Å². The lowest BCUT2D eigenvalue weighted by atomic mass is 9.96. The molecule has 0 spiro atoms. The molecule has 11 rings (SSSR count). The predicted octanol–water partition coefficient (Wildman–Crippen LogP) is 13.1. The molecule has 1 atom stereocenters. The Bertz CT molecular complexity index is 3270. The van der Waals surface area contributed by atoms with Gasteiger partial charge in [0.05, 0.1) is 45.0 Å². The van der Waals surface area contributed by atoms with Gasteiger partial charge in [-0.15, -0.1) is 11.3 Å². The first-order chi connectivity index (χ1) is 26.8. The number of nitrogens with one attached hydrogen (secondary N) is 1. The van der Waals surface area contributed by atoms with Gasteiger partial charge in [-0.2, -0.15) is 0 Å². The second kappa shape index (κ2) is 12.2. The van der Waals surface area contributed by atoms with Gasteiger partial charge in [0.25, 0.3) is 0 Å². The van der Waals surface area contributed by atoms with Gasteiger partial charge in [0.1, 0.15) is 0 Å². The largest absolute Gasteiger partial charge is 0.345 e. The van der Waals surface area contributed by atoms with Crippen molar-refractivity contribution in [3.05, 3.63) is 180 Å². The Balaban J connectivity index is 1.37. The number of nitrogens with zero attached hydrogens (tertiary/aromatic N) is 3. The Labute approximate surface area is 315 Å². The summed E-state index contributed by atoms with van der Waals surface area (Å²) < 4.78 is 6.30. The molecule has 0 aliphatic carbocycles. The van der Waals surface area contributed by atoms with Crippen molar-refractivity contribution >= 4 is 98.6 Å². The fraction of sp³-hybridized carbons (Fsp3) is 0.0408. The van der Waals surface area contributed by atoms with E-state index in [1.807, 2.05) is 24.7 Å². The third-order valence-electron chi connectivity index (χ3n) is 11.1. The highest BCUT2D eigenvalue weighted by Gasteiger charge is 2.30. The minimum atomic E-state index is -0.164. The van der Waals surface area contributed by atoms with Crippen molar-refractivity contribution < 1.29 is 0 Å². The summed E-state index contributed by atoms with van der Waals surface area (Å²) in [4.78, 5) is 5.63. The second-order valence-corrected chi connectivity index (χ2v) is 15.0. The van der Waals surface area contributed by atoms with Crippen LogP contribution in [0.4, 0.5) is 5.69 Å². The Kier molecular flexibility index (Phi) is 6.97. The maximum atomic E-state index is 4.39. The predicted molar refractivity (Wildman–Crippen MR) is 232 cm³/mol. The molecule has 4 nitrogen and oxygen atoms in total. The quantitative estimate of drug-likeness (QED) is 0.135. The lowest BCUT2D eigenvalue weighted by molar-refractivity contribution is 0.750. The van der Waals surface area contributed by atoms with Gasteiger partial charge in [0.15, 0.2) is 0 Å². The van der Waals surface area contributed by atoms with Crippen molar-refractivity contribution in [1.29, 1.82) is 0 Å². The van der Waals surface area contributed by atoms with Crippen molar-refractivity contribution in [2.45, 2.75) is 6.04 Å². The molecule has 0 aliphatic rings. The monoisotopic (exact) mass is 710 g/mol. The third kappa shape index (κ3) is 4.46. The number of thiophene rings is 1. The Morgan fingerprint density at radius 2 is 1.13 bits per heavy atom. The summed E-state index contributed by atoms with van der Waals surface area (Å²) in [6.07, 6.45) is 1.82. The van der Waals surface area contributed by atoms with Gasteiger partial charge >= 0.3 is 0 Å². The fourth-order valence-electron chi connectivity index (χ4n) is 8.91. The van der Waals surface area contributed by atoms with E-state index in [-0.39, 0.29) is 6.04 Å². The van der Waals surface area contributed by atoms with Gasteiger partial charge < -0.3 is 14.5 Å². The summed E-state index contributed by atoms with van der Waals surface area (Å²) in [5, 5.41) is 14.9. The molecular formula is C49H34N4S. The molecule has 0 aliphatic heterocycles. The van der Waals surface area contributed by atoms with E-state index in [0.717, 1.165) is 11.4 Å². The van der Waals surface area contributed by atoms with Crippen LogP contribution in [-0.2, 0) is 0 Å². The number of rotatable bonds is 6. The van der Waals surface area contributed by atoms with E-state index >= 15 is 0 Å². The van der Waals surface area contributed by atoms with Crippen LogP contribution >= 0.6 is 11.3 Å². The standard InChI is InChI=1S/C49H34N4S/c1-50-30-51-47-38-22-10-12-25-43(38)54-49(47)48(36-23-13-16-31-14-5-7-19-34(31)36)53-41-27-26-32-15-6-8-20-35(32)44(41)46-42(53)29-28-40-45(46)37-21-9-11-24-39(37)52(40)33-17-3-2-4-18-33/h2-30,48H,1H3,(H,50,51). The maximum absolute atomic E-state index is 4.39. The van der Waals surface area contributed by atoms with Gasteiger partial charge in [-0.25, -0.2) is 0 Å². The maximum Gasteiger partial charge on any atom is 0.0964 e. The Morgan fingerprint density at radius 1 is 0.519 bits per heavy atom. The fourth-order valence-corrected chi connectivity index (χ4v) is 10.2. The van der Waals surface area contributed by atoms with Crippen LogP contribution in [-0.4, -0.2) is 22.5 Å². The van der Waals surface area contributed by atoms with Gasteiger partial charge in [0, 0.05) is 44.4 Å². The number of fused-ring (bicyclic) bond motifs is 11. The summed E-state index contributed by atoms with van der Waals surface area (Å²) in [5.74, 6) is 0. The van der Waals surface area contributed by atoms with Crippen LogP contribution < -0.4 is 5.32 Å². The molecule has 0 saturated heterocycles. The summed E-state index contributed by atoms with van der Waals surface area (Å²) in [6.45, 7) is 0. The molecule has 8 aromatic carbocycles. The molecule has 3 heterocycles. The van der Waals surface area contributed by atoms with E-state index in [1.54, 1.807) is 0 Å². The molecule has 1 unspecified atom stereocenters. The number of hydrogen-bond acceptors (Lipinski definition) is 2. The zero-order valence-electron chi connectivity index (χ0n) is 29.6. The molecule has 11 aromatic rings. The van der Waals surface area contributed by atoms with Crippen molar-refractivity contribution in [1.82, 2.24) is 9.13 Å². The number of anilines is 1. The number of para-hydroxylation sites is 2. The topological polar surface area (TPSA) is 34.2 Å². The first-order valence-corrected chi connectivity index (χ1v) is 19.2. The summed E-state index contributed by atoms with van der Waals surface area (Å²) in [5.41, 5.74) is 8.32. The lowest BCUT2D eigenvalue weighted by Gasteiger charge is -2.24. The zero-order valence-corrected chi connectivity index (χ0v) is 30.4. The van der Waals surface area contributed by atoms with E-state index in [9.17, 15) is 0 Å². The molecule has 3 aromatic heterocycles. The van der Waals surface area contributed by atoms with Crippen LogP contribution in [0, 0.1) is 0 Å². The number of aliphatic imine (C=N–C) groups is 1. The van der Waals surface area contributed by atoms with E-state index in [0.29, 0.717) is 0 Å². The van der Waals surface area contributed by atoms with E-state index in [2.05, 4.69) is 189 Å². The molecule has 54 heavy (non-hydrogen) atoms. The number of benzene rings is 8. The van der Waals surface area contributed by atoms with E-state index in [4.69, 9.17) is 0 Å². The molecule has 5 heteroatoms. The van der Waals surface area contributed by atoms with Gasteiger partial charge in [-0.05, 0) is 69.6 Å². The molecule has 0 radical (unpaired) electrons. The first-order valence-electron chi connectivity index (χ1n) is 18.4. The van der Waals surface area contributed by atoms with Gasteiger partial charge in [0.2, 0.25) is 0 Å². The highest BCUT2D eigenvalue weighted by Crippen LogP contribution is 2.50. The third-order valence-corrected chi connectivity index (χ3v) is 12.3. The summed E-state index contributed by atoms with van der Waals surface area (Å²) >= 11 is 1.86. The average molecular weight is 711 g/mol. The van der Waals surface area contributed by atoms with E-state index < -0.39 is 0 Å². The Morgan fingerprint density at radius 3 is 1.96 bits per heavy atom. The molecule has 0 bridgehead atoms. The van der Waals surface area contributed by atoms with Crippen LogP contribution in [0.15, 0.2) is 175 Å². The van der Waals surface area contributed by atoms with E-state index in [1.165, 1.54) is 85.7 Å². The number of hydrogen-bond donors (Lipinski definition) is 1. The number of aromatic nitrogens is 2. The summed E-state index contributed by atoms with van der Waals surface area (Å²) in [6, 6.07) is 62.0.